The zero-order valence-corrected chi connectivity index (χ0v) is 20.4. The second kappa shape index (κ2) is 8.40. The number of carbonyl (C=O) groups excluding carboxylic acids is 1. The van der Waals surface area contributed by atoms with Gasteiger partial charge in [-0.25, -0.2) is 4.79 Å². The van der Waals surface area contributed by atoms with Gasteiger partial charge in [-0.1, -0.05) is 51.1 Å². The van der Waals surface area contributed by atoms with Gasteiger partial charge in [0.1, 0.15) is 5.60 Å². The summed E-state index contributed by atoms with van der Waals surface area (Å²) in [5, 5.41) is 10.6. The highest BCUT2D eigenvalue weighted by Gasteiger charge is 2.51. The third-order valence-corrected chi connectivity index (χ3v) is 10.7. The van der Waals surface area contributed by atoms with Crippen LogP contribution in [0.15, 0.2) is 30.3 Å². The van der Waals surface area contributed by atoms with Crippen molar-refractivity contribution in [3.05, 3.63) is 35.9 Å². The van der Waals surface area contributed by atoms with Crippen molar-refractivity contribution >= 4 is 14.4 Å². The lowest BCUT2D eigenvalue weighted by atomic mass is 9.88. The van der Waals surface area contributed by atoms with Crippen molar-refractivity contribution in [3.8, 4) is 0 Å². The molecule has 1 aliphatic heterocycles. The van der Waals surface area contributed by atoms with Crippen molar-refractivity contribution in [2.45, 2.75) is 89.8 Å². The predicted octanol–water partition coefficient (Wildman–Crippen LogP) is 4.99. The second-order valence-corrected chi connectivity index (χ2v) is 15.6. The third kappa shape index (κ3) is 5.83. The van der Waals surface area contributed by atoms with Crippen molar-refractivity contribution in [1.82, 2.24) is 4.90 Å². The number of carbonyl (C=O) groups is 1. The fourth-order valence-corrected chi connectivity index (χ4v) is 4.95. The Morgan fingerprint density at radius 3 is 2.24 bits per heavy atom. The van der Waals surface area contributed by atoms with Gasteiger partial charge in [0.25, 0.3) is 0 Å². The first-order valence-electron chi connectivity index (χ1n) is 10.5. The molecule has 0 bridgehead atoms. The molecule has 164 valence electrons. The largest absolute Gasteiger partial charge is 0.444 e. The number of aliphatic hydroxyl groups excluding tert-OH is 1. The maximum atomic E-state index is 13.1. The minimum atomic E-state index is -2.01. The summed E-state index contributed by atoms with van der Waals surface area (Å²) in [6.07, 6.45) is 0.675. The zero-order chi connectivity index (χ0) is 22.1. The van der Waals surface area contributed by atoms with E-state index in [-0.39, 0.29) is 23.8 Å². The number of rotatable bonds is 5. The number of ether oxygens (including phenoxy) is 1. The van der Waals surface area contributed by atoms with E-state index >= 15 is 0 Å². The van der Waals surface area contributed by atoms with Gasteiger partial charge in [-0.3, -0.25) is 4.90 Å². The Balaban J connectivity index is 2.34. The molecule has 1 saturated heterocycles. The average Bonchev–Trinajstić information content (AvgIpc) is 2.91. The molecule has 0 unspecified atom stereocenters. The van der Waals surface area contributed by atoms with Gasteiger partial charge in [-0.15, -0.1) is 0 Å². The molecule has 2 atom stereocenters. The molecule has 5 nitrogen and oxygen atoms in total. The molecule has 2 rings (SSSR count). The molecule has 1 aromatic carbocycles. The molecule has 1 amide bonds. The van der Waals surface area contributed by atoms with E-state index in [1.54, 1.807) is 4.90 Å². The molecule has 0 aromatic heterocycles. The summed E-state index contributed by atoms with van der Waals surface area (Å²) in [5.41, 5.74) is -0.233. The van der Waals surface area contributed by atoms with Crippen molar-refractivity contribution < 1.29 is 19.1 Å². The highest BCUT2D eigenvalue weighted by Crippen LogP contribution is 2.42. The van der Waals surface area contributed by atoms with Crippen LogP contribution in [-0.2, 0) is 15.6 Å². The van der Waals surface area contributed by atoms with Crippen LogP contribution >= 0.6 is 0 Å². The van der Waals surface area contributed by atoms with Gasteiger partial charge < -0.3 is 14.3 Å². The SMILES string of the molecule is CC(C)(C)OC(=O)N1C[C@H](O[Si](C)(C)C(C)(C)C)C[C@@]1(CO)Cc1ccccc1. The summed E-state index contributed by atoms with van der Waals surface area (Å²) >= 11 is 0. The Bertz CT molecular complexity index is 693. The van der Waals surface area contributed by atoms with Crippen LogP contribution in [0, 0.1) is 0 Å². The van der Waals surface area contributed by atoms with Crippen LogP contribution < -0.4 is 0 Å². The summed E-state index contributed by atoms with van der Waals surface area (Å²) in [6.45, 7) is 17.0. The Morgan fingerprint density at radius 1 is 1.17 bits per heavy atom. The van der Waals surface area contributed by atoms with E-state index in [4.69, 9.17) is 9.16 Å². The molecule has 1 N–H and O–H groups in total. The van der Waals surface area contributed by atoms with E-state index in [0.717, 1.165) is 5.56 Å². The smallest absolute Gasteiger partial charge is 0.410 e. The summed E-state index contributed by atoms with van der Waals surface area (Å²) in [4.78, 5) is 14.8. The molecule has 1 heterocycles. The number of hydrogen-bond acceptors (Lipinski definition) is 4. The monoisotopic (exact) mass is 421 g/mol. The van der Waals surface area contributed by atoms with Gasteiger partial charge in [-0.05, 0) is 50.9 Å². The lowest BCUT2D eigenvalue weighted by molar-refractivity contribution is -0.00476. The highest BCUT2D eigenvalue weighted by atomic mass is 28.4. The van der Waals surface area contributed by atoms with Crippen molar-refractivity contribution in [1.29, 1.82) is 0 Å². The van der Waals surface area contributed by atoms with E-state index in [2.05, 4.69) is 33.9 Å². The summed E-state index contributed by atoms with van der Waals surface area (Å²) < 4.78 is 12.3. The molecule has 0 radical (unpaired) electrons. The van der Waals surface area contributed by atoms with E-state index in [1.807, 2.05) is 51.1 Å². The predicted molar refractivity (Wildman–Crippen MR) is 120 cm³/mol. The average molecular weight is 422 g/mol. The first-order valence-corrected chi connectivity index (χ1v) is 13.4. The quantitative estimate of drug-likeness (QED) is 0.680. The molecule has 6 heteroatoms. The molecule has 1 fully saturated rings. The first kappa shape index (κ1) is 23.9. The molecule has 0 aliphatic carbocycles. The maximum absolute atomic E-state index is 13.1. The molecular formula is C23H39NO4Si. The van der Waals surface area contributed by atoms with Crippen LogP contribution in [0.25, 0.3) is 0 Å². The fraction of sp³-hybridized carbons (Fsp3) is 0.696. The standard InChI is InChI=1S/C23H39NO4Si/c1-21(2,3)27-20(26)24-16-19(28-29(7,8)22(4,5)6)15-23(24,17-25)14-18-12-10-9-11-13-18/h9-13,19,25H,14-17H2,1-8H3/t19-,23-/m1/s1. The van der Waals surface area contributed by atoms with Crippen LogP contribution in [0.1, 0.15) is 53.5 Å². The van der Waals surface area contributed by atoms with Gasteiger partial charge in [-0.2, -0.15) is 0 Å². The normalized spacial score (nSPS) is 23.3. The number of hydrogen-bond donors (Lipinski definition) is 1. The number of aliphatic hydroxyl groups is 1. The van der Waals surface area contributed by atoms with Crippen molar-refractivity contribution in [2.75, 3.05) is 13.2 Å². The molecular weight excluding hydrogens is 382 g/mol. The topological polar surface area (TPSA) is 59.0 Å². The molecule has 0 spiro atoms. The third-order valence-electron chi connectivity index (χ3n) is 6.12. The van der Waals surface area contributed by atoms with Crippen LogP contribution in [0.2, 0.25) is 18.1 Å². The maximum Gasteiger partial charge on any atom is 0.410 e. The summed E-state index contributed by atoms with van der Waals surface area (Å²) in [5.74, 6) is 0. The van der Waals surface area contributed by atoms with Gasteiger partial charge in [0.2, 0.25) is 0 Å². The molecule has 1 aromatic rings. The number of nitrogens with zero attached hydrogens (tertiary/aromatic N) is 1. The van der Waals surface area contributed by atoms with Gasteiger partial charge >= 0.3 is 6.09 Å². The van der Waals surface area contributed by atoms with Crippen LogP contribution in [-0.4, -0.2) is 54.8 Å². The number of amides is 1. The molecule has 0 saturated carbocycles. The van der Waals surface area contributed by atoms with Crippen LogP contribution in [0.5, 0.6) is 0 Å². The zero-order valence-electron chi connectivity index (χ0n) is 19.4. The van der Waals surface area contributed by atoms with E-state index in [1.165, 1.54) is 0 Å². The minimum Gasteiger partial charge on any atom is -0.444 e. The van der Waals surface area contributed by atoms with Crippen molar-refractivity contribution in [3.63, 3.8) is 0 Å². The Morgan fingerprint density at radius 2 is 1.76 bits per heavy atom. The highest BCUT2D eigenvalue weighted by molar-refractivity contribution is 6.74. The van der Waals surface area contributed by atoms with E-state index in [9.17, 15) is 9.90 Å². The Labute approximate surface area is 177 Å². The van der Waals surface area contributed by atoms with Crippen LogP contribution in [0.3, 0.4) is 0 Å². The first-order chi connectivity index (χ1) is 13.2. The minimum absolute atomic E-state index is 0.0770. The number of likely N-dealkylation sites (tertiary alicyclic amines) is 1. The second-order valence-electron chi connectivity index (χ2n) is 10.8. The number of benzene rings is 1. The Hall–Kier alpha value is -1.37. The molecule has 29 heavy (non-hydrogen) atoms. The summed E-state index contributed by atoms with van der Waals surface area (Å²) in [6, 6.07) is 10.0. The van der Waals surface area contributed by atoms with Crippen LogP contribution in [0.4, 0.5) is 4.79 Å². The van der Waals surface area contributed by atoms with Gasteiger partial charge in [0.05, 0.1) is 18.2 Å². The summed E-state index contributed by atoms with van der Waals surface area (Å²) in [7, 11) is -2.01. The van der Waals surface area contributed by atoms with Gasteiger partial charge in [0.15, 0.2) is 8.32 Å². The Kier molecular flexibility index (Phi) is 6.92. The van der Waals surface area contributed by atoms with E-state index < -0.39 is 19.5 Å². The lowest BCUT2D eigenvalue weighted by Gasteiger charge is -2.38. The van der Waals surface area contributed by atoms with E-state index in [0.29, 0.717) is 19.4 Å². The molecule has 1 aliphatic rings. The van der Waals surface area contributed by atoms with Gasteiger partial charge in [0, 0.05) is 13.0 Å². The lowest BCUT2D eigenvalue weighted by Crippen LogP contribution is -2.53. The fourth-order valence-electron chi connectivity index (χ4n) is 3.60. The van der Waals surface area contributed by atoms with Crippen molar-refractivity contribution in [2.24, 2.45) is 0 Å².